The maximum atomic E-state index is 3.41. The minimum Gasteiger partial charge on any atom is -0.316 e. The van der Waals surface area contributed by atoms with Gasteiger partial charge in [0.15, 0.2) is 0 Å². The molecule has 1 heteroatoms. The molecule has 1 heterocycles. The Morgan fingerprint density at radius 1 is 1.27 bits per heavy atom. The molecule has 0 bridgehead atoms. The van der Waals surface area contributed by atoms with E-state index in [1.165, 1.54) is 37.1 Å². The highest BCUT2D eigenvalue weighted by Crippen LogP contribution is 2.32. The van der Waals surface area contributed by atoms with Crippen molar-refractivity contribution in [3.05, 3.63) is 34.9 Å². The van der Waals surface area contributed by atoms with Gasteiger partial charge < -0.3 is 5.32 Å². The van der Waals surface area contributed by atoms with E-state index in [4.69, 9.17) is 0 Å². The maximum Gasteiger partial charge on any atom is 0.00233 e. The van der Waals surface area contributed by atoms with E-state index < -0.39 is 0 Å². The summed E-state index contributed by atoms with van der Waals surface area (Å²) in [4.78, 5) is 0. The Labute approximate surface area is 92.9 Å². The number of rotatable bonds is 3. The molecule has 82 valence electrons. The van der Waals surface area contributed by atoms with Crippen molar-refractivity contribution in [2.24, 2.45) is 5.41 Å². The minimum atomic E-state index is 0.540. The number of aryl methyl sites for hydroxylation is 2. The Bertz CT molecular complexity index is 345. The van der Waals surface area contributed by atoms with Crippen molar-refractivity contribution in [2.45, 2.75) is 33.6 Å². The van der Waals surface area contributed by atoms with Gasteiger partial charge in [0.1, 0.15) is 0 Å². The van der Waals surface area contributed by atoms with Gasteiger partial charge in [-0.2, -0.15) is 0 Å². The lowest BCUT2D eigenvalue weighted by atomic mass is 9.73. The lowest BCUT2D eigenvalue weighted by Gasteiger charge is -2.42. The van der Waals surface area contributed by atoms with E-state index in [1.54, 1.807) is 5.56 Å². The van der Waals surface area contributed by atoms with Crippen molar-refractivity contribution >= 4 is 0 Å². The number of nitrogens with one attached hydrogen (secondary N) is 1. The van der Waals surface area contributed by atoms with E-state index >= 15 is 0 Å². The average Bonchev–Trinajstić information content (AvgIpc) is 2.17. The molecule has 0 spiro atoms. The van der Waals surface area contributed by atoms with Crippen molar-refractivity contribution in [1.29, 1.82) is 0 Å². The van der Waals surface area contributed by atoms with Crippen LogP contribution in [-0.4, -0.2) is 13.1 Å². The largest absolute Gasteiger partial charge is 0.316 e. The fourth-order valence-corrected chi connectivity index (χ4v) is 2.37. The molecule has 0 atom stereocenters. The van der Waals surface area contributed by atoms with Crippen LogP contribution >= 0.6 is 0 Å². The van der Waals surface area contributed by atoms with Gasteiger partial charge in [-0.05, 0) is 43.2 Å². The molecule has 1 aromatic rings. The molecule has 15 heavy (non-hydrogen) atoms. The third-order valence-electron chi connectivity index (χ3n) is 3.82. The Morgan fingerprint density at radius 2 is 2.00 bits per heavy atom. The van der Waals surface area contributed by atoms with Crippen molar-refractivity contribution in [1.82, 2.24) is 5.32 Å². The first-order chi connectivity index (χ1) is 7.15. The van der Waals surface area contributed by atoms with E-state index in [0.717, 1.165) is 0 Å². The summed E-state index contributed by atoms with van der Waals surface area (Å²) in [6, 6.07) is 6.81. The monoisotopic (exact) mass is 203 g/mol. The summed E-state index contributed by atoms with van der Waals surface area (Å²) in [6.07, 6.45) is 2.53. The SMILES string of the molecule is CCC1(Cc2cc(C)ccc2C)CNC1. The molecule has 1 nitrogen and oxygen atoms in total. The van der Waals surface area contributed by atoms with E-state index in [1.807, 2.05) is 0 Å². The molecule has 0 amide bonds. The average molecular weight is 203 g/mol. The fraction of sp³-hybridized carbons (Fsp3) is 0.571. The van der Waals surface area contributed by atoms with Crippen LogP contribution in [0.3, 0.4) is 0 Å². The normalized spacial score (nSPS) is 18.6. The van der Waals surface area contributed by atoms with E-state index in [2.05, 4.69) is 44.3 Å². The molecule has 1 N–H and O–H groups in total. The zero-order valence-corrected chi connectivity index (χ0v) is 10.1. The lowest BCUT2D eigenvalue weighted by Crippen LogP contribution is -2.54. The van der Waals surface area contributed by atoms with Gasteiger partial charge in [-0.25, -0.2) is 0 Å². The Balaban J connectivity index is 2.19. The van der Waals surface area contributed by atoms with E-state index in [9.17, 15) is 0 Å². The summed E-state index contributed by atoms with van der Waals surface area (Å²) in [6.45, 7) is 9.10. The topological polar surface area (TPSA) is 12.0 Å². The predicted molar refractivity (Wildman–Crippen MR) is 65.2 cm³/mol. The zero-order valence-electron chi connectivity index (χ0n) is 10.1. The molecular formula is C14H21N. The number of hydrogen-bond donors (Lipinski definition) is 1. The third-order valence-corrected chi connectivity index (χ3v) is 3.82. The third kappa shape index (κ3) is 2.07. The molecule has 0 aliphatic carbocycles. The van der Waals surface area contributed by atoms with Gasteiger partial charge in [0, 0.05) is 13.1 Å². The second-order valence-corrected chi connectivity index (χ2v) is 5.06. The first-order valence-corrected chi connectivity index (χ1v) is 5.92. The molecule has 1 aromatic carbocycles. The molecule has 1 aliphatic rings. The van der Waals surface area contributed by atoms with Gasteiger partial charge >= 0.3 is 0 Å². The first-order valence-electron chi connectivity index (χ1n) is 5.92. The molecule has 0 aromatic heterocycles. The second-order valence-electron chi connectivity index (χ2n) is 5.06. The number of hydrogen-bond acceptors (Lipinski definition) is 1. The summed E-state index contributed by atoms with van der Waals surface area (Å²) in [5, 5.41) is 3.41. The van der Waals surface area contributed by atoms with Crippen molar-refractivity contribution in [3.8, 4) is 0 Å². The van der Waals surface area contributed by atoms with Crippen molar-refractivity contribution in [3.63, 3.8) is 0 Å². The van der Waals surface area contributed by atoms with Crippen LogP contribution in [-0.2, 0) is 6.42 Å². The van der Waals surface area contributed by atoms with Gasteiger partial charge in [-0.15, -0.1) is 0 Å². The van der Waals surface area contributed by atoms with Crippen LogP contribution in [0.2, 0.25) is 0 Å². The summed E-state index contributed by atoms with van der Waals surface area (Å²) in [5.74, 6) is 0. The van der Waals surface area contributed by atoms with E-state index in [-0.39, 0.29) is 0 Å². The van der Waals surface area contributed by atoms with Gasteiger partial charge in [0.05, 0.1) is 0 Å². The lowest BCUT2D eigenvalue weighted by molar-refractivity contribution is 0.160. The van der Waals surface area contributed by atoms with Crippen LogP contribution in [0.25, 0.3) is 0 Å². The number of benzene rings is 1. The Hall–Kier alpha value is -0.820. The highest BCUT2D eigenvalue weighted by molar-refractivity contribution is 5.31. The summed E-state index contributed by atoms with van der Waals surface area (Å²) >= 11 is 0. The maximum absolute atomic E-state index is 3.41. The van der Waals surface area contributed by atoms with Gasteiger partial charge in [-0.3, -0.25) is 0 Å². The van der Waals surface area contributed by atoms with Crippen molar-refractivity contribution in [2.75, 3.05) is 13.1 Å². The van der Waals surface area contributed by atoms with Crippen LogP contribution in [0.5, 0.6) is 0 Å². The van der Waals surface area contributed by atoms with Gasteiger partial charge in [-0.1, -0.05) is 30.7 Å². The van der Waals surface area contributed by atoms with E-state index in [0.29, 0.717) is 5.41 Å². The van der Waals surface area contributed by atoms with Gasteiger partial charge in [0.2, 0.25) is 0 Å². The van der Waals surface area contributed by atoms with Crippen LogP contribution in [0.4, 0.5) is 0 Å². The van der Waals surface area contributed by atoms with Gasteiger partial charge in [0.25, 0.3) is 0 Å². The second kappa shape index (κ2) is 3.97. The molecule has 1 fully saturated rings. The van der Waals surface area contributed by atoms with Crippen LogP contribution < -0.4 is 5.32 Å². The molecule has 0 radical (unpaired) electrons. The standard InChI is InChI=1S/C14H21N/c1-4-14(9-15-10-14)8-13-7-11(2)5-6-12(13)3/h5-7,15H,4,8-10H2,1-3H3. The fourth-order valence-electron chi connectivity index (χ4n) is 2.37. The zero-order chi connectivity index (χ0) is 10.9. The van der Waals surface area contributed by atoms with Crippen LogP contribution in [0.1, 0.15) is 30.0 Å². The highest BCUT2D eigenvalue weighted by Gasteiger charge is 2.35. The molecule has 2 rings (SSSR count). The molecule has 0 unspecified atom stereocenters. The summed E-state index contributed by atoms with van der Waals surface area (Å²) in [5.41, 5.74) is 4.91. The summed E-state index contributed by atoms with van der Waals surface area (Å²) in [7, 11) is 0. The predicted octanol–water partition coefficient (Wildman–Crippen LogP) is 2.85. The highest BCUT2D eigenvalue weighted by atomic mass is 15.0. The summed E-state index contributed by atoms with van der Waals surface area (Å²) < 4.78 is 0. The first kappa shape index (κ1) is 10.7. The molecular weight excluding hydrogens is 182 g/mol. The van der Waals surface area contributed by atoms with Crippen molar-refractivity contribution < 1.29 is 0 Å². The Morgan fingerprint density at radius 3 is 2.53 bits per heavy atom. The van der Waals surface area contributed by atoms with Crippen LogP contribution in [0.15, 0.2) is 18.2 Å². The molecule has 0 saturated carbocycles. The Kier molecular flexibility index (Phi) is 2.83. The minimum absolute atomic E-state index is 0.540. The van der Waals surface area contributed by atoms with Crippen LogP contribution in [0, 0.1) is 19.3 Å². The molecule has 1 aliphatic heterocycles. The quantitative estimate of drug-likeness (QED) is 0.796. The smallest absolute Gasteiger partial charge is 0.00233 e. The molecule has 1 saturated heterocycles.